The standard InChI is InChI=1S/C21H32O3/c1-3-5-6-7-10-13-18-16-17-20(22)19(18)14-11-8-9-12-15-21(23)24-4-2/h6-7,14,16-18H,3-5,8-13,15H2,1-2H3/b7-6+,19-14+/t18-/m0/s1. The number of carbonyl (C=O) groups excluding carboxylic acids is 2. The summed E-state index contributed by atoms with van der Waals surface area (Å²) in [6, 6.07) is 0. The van der Waals surface area contributed by atoms with Gasteiger partial charge in [-0.3, -0.25) is 9.59 Å². The van der Waals surface area contributed by atoms with Gasteiger partial charge in [-0.15, -0.1) is 0 Å². The van der Waals surface area contributed by atoms with Crippen molar-refractivity contribution >= 4 is 11.8 Å². The van der Waals surface area contributed by atoms with Gasteiger partial charge in [-0.2, -0.15) is 0 Å². The normalized spacial score (nSPS) is 18.8. The van der Waals surface area contributed by atoms with Crippen LogP contribution in [0.3, 0.4) is 0 Å². The van der Waals surface area contributed by atoms with Crippen LogP contribution in [0.1, 0.15) is 71.6 Å². The number of esters is 1. The second kappa shape index (κ2) is 12.7. The molecule has 1 aliphatic rings. The monoisotopic (exact) mass is 332 g/mol. The smallest absolute Gasteiger partial charge is 0.305 e. The quantitative estimate of drug-likeness (QED) is 0.210. The maximum Gasteiger partial charge on any atom is 0.305 e. The van der Waals surface area contributed by atoms with Crippen LogP contribution < -0.4 is 0 Å². The molecule has 1 rings (SSSR count). The van der Waals surface area contributed by atoms with Crippen LogP contribution in [0.2, 0.25) is 0 Å². The fourth-order valence-electron chi connectivity index (χ4n) is 2.85. The zero-order valence-electron chi connectivity index (χ0n) is 15.3. The molecule has 0 aliphatic heterocycles. The van der Waals surface area contributed by atoms with Crippen LogP contribution in [0.25, 0.3) is 0 Å². The Morgan fingerprint density at radius 1 is 1.12 bits per heavy atom. The van der Waals surface area contributed by atoms with Crippen LogP contribution in [0.5, 0.6) is 0 Å². The van der Waals surface area contributed by atoms with E-state index in [1.807, 2.05) is 13.0 Å². The van der Waals surface area contributed by atoms with Gasteiger partial charge in [-0.25, -0.2) is 0 Å². The van der Waals surface area contributed by atoms with Gasteiger partial charge in [0, 0.05) is 17.9 Å². The van der Waals surface area contributed by atoms with Crippen molar-refractivity contribution in [3.8, 4) is 0 Å². The Bertz CT molecular complexity index is 471. The van der Waals surface area contributed by atoms with Gasteiger partial charge in [-0.1, -0.05) is 44.1 Å². The van der Waals surface area contributed by atoms with Crippen molar-refractivity contribution in [1.29, 1.82) is 0 Å². The number of carbonyl (C=O) groups is 2. The maximum atomic E-state index is 12.0. The van der Waals surface area contributed by atoms with E-state index in [1.54, 1.807) is 6.08 Å². The number of ketones is 1. The van der Waals surface area contributed by atoms with E-state index in [2.05, 4.69) is 25.2 Å². The predicted molar refractivity (Wildman–Crippen MR) is 98.7 cm³/mol. The van der Waals surface area contributed by atoms with Crippen LogP contribution in [-0.4, -0.2) is 18.4 Å². The van der Waals surface area contributed by atoms with Crippen molar-refractivity contribution in [2.24, 2.45) is 5.92 Å². The molecule has 0 aromatic heterocycles. The van der Waals surface area contributed by atoms with E-state index in [-0.39, 0.29) is 17.7 Å². The molecule has 0 N–H and O–H groups in total. The number of allylic oxidation sites excluding steroid dienone is 6. The molecule has 0 amide bonds. The van der Waals surface area contributed by atoms with Gasteiger partial charge < -0.3 is 4.74 Å². The Morgan fingerprint density at radius 3 is 2.67 bits per heavy atom. The highest BCUT2D eigenvalue weighted by molar-refractivity contribution is 6.07. The molecule has 0 radical (unpaired) electrons. The van der Waals surface area contributed by atoms with Gasteiger partial charge >= 0.3 is 5.97 Å². The van der Waals surface area contributed by atoms with Crippen LogP contribution in [0.4, 0.5) is 0 Å². The van der Waals surface area contributed by atoms with Gasteiger partial charge in [0.05, 0.1) is 6.61 Å². The average Bonchev–Trinajstić information content (AvgIpc) is 2.91. The number of ether oxygens (including phenoxy) is 1. The molecule has 0 fully saturated rings. The molecule has 1 atom stereocenters. The van der Waals surface area contributed by atoms with E-state index in [0.717, 1.165) is 50.5 Å². The Balaban J connectivity index is 2.25. The summed E-state index contributed by atoms with van der Waals surface area (Å²) in [5, 5.41) is 0. The number of rotatable bonds is 12. The Morgan fingerprint density at radius 2 is 1.92 bits per heavy atom. The average molecular weight is 332 g/mol. The minimum absolute atomic E-state index is 0.109. The van der Waals surface area contributed by atoms with Gasteiger partial charge in [0.15, 0.2) is 5.78 Å². The molecular formula is C21H32O3. The highest BCUT2D eigenvalue weighted by Gasteiger charge is 2.21. The highest BCUT2D eigenvalue weighted by atomic mass is 16.5. The van der Waals surface area contributed by atoms with Crippen molar-refractivity contribution in [1.82, 2.24) is 0 Å². The zero-order valence-corrected chi connectivity index (χ0v) is 15.3. The minimum Gasteiger partial charge on any atom is -0.466 e. The lowest BCUT2D eigenvalue weighted by atomic mass is 9.95. The third-order valence-corrected chi connectivity index (χ3v) is 4.18. The maximum absolute atomic E-state index is 12.0. The molecule has 0 saturated carbocycles. The summed E-state index contributed by atoms with van der Waals surface area (Å²) in [6.07, 6.45) is 19.0. The van der Waals surface area contributed by atoms with Crippen molar-refractivity contribution in [2.75, 3.05) is 6.61 Å². The van der Waals surface area contributed by atoms with E-state index in [9.17, 15) is 9.59 Å². The molecule has 0 aromatic rings. The Labute approximate surface area is 146 Å². The van der Waals surface area contributed by atoms with Gasteiger partial charge in [0.1, 0.15) is 0 Å². The van der Waals surface area contributed by atoms with E-state index in [0.29, 0.717) is 13.0 Å². The fourth-order valence-corrected chi connectivity index (χ4v) is 2.85. The Hall–Kier alpha value is -1.64. The summed E-state index contributed by atoms with van der Waals surface area (Å²) in [7, 11) is 0. The fraction of sp³-hybridized carbons (Fsp3) is 0.619. The van der Waals surface area contributed by atoms with Crippen LogP contribution in [0.15, 0.2) is 36.0 Å². The second-order valence-corrected chi connectivity index (χ2v) is 6.23. The molecule has 1 aliphatic carbocycles. The zero-order chi connectivity index (χ0) is 17.6. The van der Waals surface area contributed by atoms with Crippen molar-refractivity contribution in [2.45, 2.75) is 71.6 Å². The molecule has 134 valence electrons. The largest absolute Gasteiger partial charge is 0.466 e. The Kier molecular flexibility index (Phi) is 10.8. The van der Waals surface area contributed by atoms with E-state index < -0.39 is 0 Å². The van der Waals surface area contributed by atoms with Gasteiger partial charge in [-0.05, 0) is 51.5 Å². The third kappa shape index (κ3) is 8.28. The first-order chi connectivity index (χ1) is 11.7. The molecular weight excluding hydrogens is 300 g/mol. The lowest BCUT2D eigenvalue weighted by molar-refractivity contribution is -0.143. The summed E-state index contributed by atoms with van der Waals surface area (Å²) in [4.78, 5) is 23.2. The highest BCUT2D eigenvalue weighted by Crippen LogP contribution is 2.27. The molecule has 3 heteroatoms. The number of hydrogen-bond acceptors (Lipinski definition) is 3. The molecule has 3 nitrogen and oxygen atoms in total. The van der Waals surface area contributed by atoms with Gasteiger partial charge in [0.2, 0.25) is 0 Å². The first-order valence-corrected chi connectivity index (χ1v) is 9.42. The topological polar surface area (TPSA) is 43.4 Å². The lowest BCUT2D eigenvalue weighted by Gasteiger charge is -2.09. The molecule has 0 aromatic carbocycles. The van der Waals surface area contributed by atoms with Crippen LogP contribution >= 0.6 is 0 Å². The summed E-state index contributed by atoms with van der Waals surface area (Å²) in [5.41, 5.74) is 0.962. The summed E-state index contributed by atoms with van der Waals surface area (Å²) in [5.74, 6) is 0.342. The van der Waals surface area contributed by atoms with E-state index in [4.69, 9.17) is 4.74 Å². The van der Waals surface area contributed by atoms with Gasteiger partial charge in [0.25, 0.3) is 0 Å². The minimum atomic E-state index is -0.109. The van der Waals surface area contributed by atoms with E-state index in [1.165, 1.54) is 6.42 Å². The van der Waals surface area contributed by atoms with Crippen molar-refractivity contribution < 1.29 is 14.3 Å². The molecule has 0 unspecified atom stereocenters. The summed E-state index contributed by atoms with van der Waals surface area (Å²) < 4.78 is 4.91. The summed E-state index contributed by atoms with van der Waals surface area (Å²) >= 11 is 0. The van der Waals surface area contributed by atoms with Crippen LogP contribution in [-0.2, 0) is 14.3 Å². The third-order valence-electron chi connectivity index (χ3n) is 4.18. The van der Waals surface area contributed by atoms with Crippen molar-refractivity contribution in [3.63, 3.8) is 0 Å². The van der Waals surface area contributed by atoms with Crippen LogP contribution in [0, 0.1) is 5.92 Å². The molecule has 0 spiro atoms. The van der Waals surface area contributed by atoms with E-state index >= 15 is 0 Å². The predicted octanol–water partition coefficient (Wildman–Crippen LogP) is 5.32. The molecule has 0 saturated heterocycles. The number of unbranched alkanes of at least 4 members (excludes halogenated alkanes) is 4. The molecule has 24 heavy (non-hydrogen) atoms. The second-order valence-electron chi connectivity index (χ2n) is 6.23. The lowest BCUT2D eigenvalue weighted by Crippen LogP contribution is -2.03. The first-order valence-electron chi connectivity index (χ1n) is 9.42. The van der Waals surface area contributed by atoms with Crippen molar-refractivity contribution in [3.05, 3.63) is 36.0 Å². The molecule has 0 bridgehead atoms. The first kappa shape index (κ1) is 20.4. The molecule has 0 heterocycles. The summed E-state index contributed by atoms with van der Waals surface area (Å²) in [6.45, 7) is 4.46. The number of hydrogen-bond donors (Lipinski definition) is 0. The SMILES string of the molecule is CCC/C=C/CC[C@H]1C=CC(=O)/C1=C/CCCCCC(=O)OCC.